The molecule has 1 aliphatic rings. The number of piperazine rings is 1. The molecule has 1 fully saturated rings. The minimum Gasteiger partial charge on any atom is -0.290 e. The highest BCUT2D eigenvalue weighted by molar-refractivity contribution is 9.10. The molecule has 0 atom stereocenters. The zero-order valence-electron chi connectivity index (χ0n) is 10.5. The molecular weight excluding hydrogens is 334 g/mol. The third-order valence-electron chi connectivity index (χ3n) is 2.97. The van der Waals surface area contributed by atoms with Crippen LogP contribution in [-0.2, 0) is 17.1 Å². The fourth-order valence-corrected chi connectivity index (χ4v) is 4.43. The number of aryl methyl sites for hydroxylation is 1. The van der Waals surface area contributed by atoms with Crippen LogP contribution in [0.1, 0.15) is 0 Å². The molecule has 0 aliphatic carbocycles. The SMILES string of the molecule is C#CCN1CCN(S(=O)(=O)c2c(Br)nnn2C)CC1. The summed E-state index contributed by atoms with van der Waals surface area (Å²) in [4.78, 5) is 2.04. The molecule has 0 unspecified atom stereocenters. The summed E-state index contributed by atoms with van der Waals surface area (Å²) in [5.74, 6) is 2.56. The third-order valence-corrected chi connectivity index (χ3v) is 5.76. The average Bonchev–Trinajstić information content (AvgIpc) is 2.70. The molecule has 7 nitrogen and oxygen atoms in total. The second kappa shape index (κ2) is 5.58. The molecule has 1 aliphatic heterocycles. The van der Waals surface area contributed by atoms with Crippen LogP contribution in [0.15, 0.2) is 9.63 Å². The standard InChI is InChI=1S/C10H14BrN5O2S/c1-3-4-15-5-7-16(8-6-15)19(17,18)10-9(11)12-13-14(10)2/h1H,4-8H2,2H3. The first-order chi connectivity index (χ1) is 8.96. The van der Waals surface area contributed by atoms with Crippen LogP contribution in [-0.4, -0.2) is 65.3 Å². The van der Waals surface area contributed by atoms with Gasteiger partial charge in [-0.15, -0.1) is 11.5 Å². The van der Waals surface area contributed by atoms with Crippen LogP contribution in [0, 0.1) is 12.3 Å². The molecule has 104 valence electrons. The molecule has 0 saturated carbocycles. The van der Waals surface area contributed by atoms with Crippen molar-refractivity contribution < 1.29 is 8.42 Å². The van der Waals surface area contributed by atoms with Crippen LogP contribution in [0.3, 0.4) is 0 Å². The van der Waals surface area contributed by atoms with Gasteiger partial charge in [-0.25, -0.2) is 13.1 Å². The molecule has 0 aromatic carbocycles. The van der Waals surface area contributed by atoms with E-state index in [1.54, 1.807) is 7.05 Å². The molecular formula is C10H14BrN5O2S. The van der Waals surface area contributed by atoms with Gasteiger partial charge in [-0.05, 0) is 15.9 Å². The molecule has 19 heavy (non-hydrogen) atoms. The Labute approximate surface area is 120 Å². The quantitative estimate of drug-likeness (QED) is 0.690. The lowest BCUT2D eigenvalue weighted by Gasteiger charge is -2.32. The van der Waals surface area contributed by atoms with Crippen LogP contribution >= 0.6 is 15.9 Å². The van der Waals surface area contributed by atoms with Gasteiger partial charge in [0.1, 0.15) is 0 Å². The van der Waals surface area contributed by atoms with Gasteiger partial charge in [0, 0.05) is 33.2 Å². The van der Waals surface area contributed by atoms with Crippen LogP contribution in [0.25, 0.3) is 0 Å². The van der Waals surface area contributed by atoms with Crippen molar-refractivity contribution in [3.63, 3.8) is 0 Å². The normalized spacial score (nSPS) is 18.4. The average molecular weight is 348 g/mol. The van der Waals surface area contributed by atoms with E-state index in [-0.39, 0.29) is 9.63 Å². The Morgan fingerprint density at radius 3 is 2.47 bits per heavy atom. The Hall–Kier alpha value is -0.950. The highest BCUT2D eigenvalue weighted by Crippen LogP contribution is 2.22. The summed E-state index contributed by atoms with van der Waals surface area (Å²) in [6.07, 6.45) is 5.25. The number of hydrogen-bond donors (Lipinski definition) is 0. The van der Waals surface area contributed by atoms with Crippen LogP contribution in [0.2, 0.25) is 0 Å². The van der Waals surface area contributed by atoms with Crippen molar-refractivity contribution >= 4 is 26.0 Å². The number of sulfonamides is 1. The second-order valence-electron chi connectivity index (χ2n) is 4.19. The summed E-state index contributed by atoms with van der Waals surface area (Å²) in [6, 6.07) is 0. The summed E-state index contributed by atoms with van der Waals surface area (Å²) >= 11 is 3.12. The number of nitrogens with zero attached hydrogens (tertiary/aromatic N) is 5. The van der Waals surface area contributed by atoms with E-state index in [4.69, 9.17) is 6.42 Å². The predicted octanol–water partition coefficient (Wildman–Crippen LogP) is -0.483. The smallest absolute Gasteiger partial charge is 0.263 e. The second-order valence-corrected chi connectivity index (χ2v) is 6.80. The lowest BCUT2D eigenvalue weighted by molar-refractivity contribution is 0.206. The van der Waals surface area contributed by atoms with Gasteiger partial charge in [-0.1, -0.05) is 11.1 Å². The molecule has 0 N–H and O–H groups in total. The maximum absolute atomic E-state index is 12.5. The number of terminal acetylenes is 1. The van der Waals surface area contributed by atoms with E-state index in [1.165, 1.54) is 8.99 Å². The van der Waals surface area contributed by atoms with Gasteiger partial charge in [0.2, 0.25) is 5.03 Å². The zero-order valence-corrected chi connectivity index (χ0v) is 12.9. The molecule has 0 spiro atoms. The summed E-state index contributed by atoms with van der Waals surface area (Å²) < 4.78 is 27.9. The van der Waals surface area contributed by atoms with Crippen molar-refractivity contribution in [3.05, 3.63) is 4.60 Å². The van der Waals surface area contributed by atoms with Crippen molar-refractivity contribution in [1.82, 2.24) is 24.2 Å². The van der Waals surface area contributed by atoms with Gasteiger partial charge in [-0.2, -0.15) is 4.31 Å². The van der Waals surface area contributed by atoms with E-state index in [2.05, 4.69) is 32.2 Å². The largest absolute Gasteiger partial charge is 0.290 e. The van der Waals surface area contributed by atoms with Crippen molar-refractivity contribution in [3.8, 4) is 12.3 Å². The molecule has 2 rings (SSSR count). The minimum absolute atomic E-state index is 0.0814. The molecule has 9 heteroatoms. The van der Waals surface area contributed by atoms with Crippen LogP contribution in [0.5, 0.6) is 0 Å². The first-order valence-corrected chi connectivity index (χ1v) is 7.91. The van der Waals surface area contributed by atoms with Gasteiger partial charge in [0.05, 0.1) is 6.54 Å². The van der Waals surface area contributed by atoms with Crippen molar-refractivity contribution in [1.29, 1.82) is 0 Å². The summed E-state index contributed by atoms with van der Waals surface area (Å²) in [5, 5.41) is 7.49. The lowest BCUT2D eigenvalue weighted by Crippen LogP contribution is -2.48. The zero-order chi connectivity index (χ0) is 14.0. The Morgan fingerprint density at radius 1 is 1.37 bits per heavy atom. The highest BCUT2D eigenvalue weighted by Gasteiger charge is 2.33. The highest BCUT2D eigenvalue weighted by atomic mass is 79.9. The third kappa shape index (κ3) is 2.81. The van der Waals surface area contributed by atoms with Gasteiger partial charge in [0.15, 0.2) is 4.60 Å². The lowest BCUT2D eigenvalue weighted by atomic mass is 10.4. The Morgan fingerprint density at radius 2 is 2.00 bits per heavy atom. The fraction of sp³-hybridized carbons (Fsp3) is 0.600. The summed E-state index contributed by atoms with van der Waals surface area (Å²) in [5.41, 5.74) is 0. The molecule has 0 amide bonds. The van der Waals surface area contributed by atoms with E-state index >= 15 is 0 Å². The first-order valence-electron chi connectivity index (χ1n) is 5.68. The molecule has 0 bridgehead atoms. The Bertz CT molecular complexity index is 578. The van der Waals surface area contributed by atoms with Gasteiger partial charge in [0.25, 0.3) is 10.0 Å². The van der Waals surface area contributed by atoms with Gasteiger partial charge >= 0.3 is 0 Å². The number of halogens is 1. The van der Waals surface area contributed by atoms with Gasteiger partial charge in [-0.3, -0.25) is 4.90 Å². The maximum atomic E-state index is 12.5. The number of rotatable bonds is 3. The molecule has 1 aromatic rings. The van der Waals surface area contributed by atoms with E-state index in [0.717, 1.165) is 0 Å². The molecule has 1 aromatic heterocycles. The predicted molar refractivity (Wildman–Crippen MR) is 72.7 cm³/mol. The minimum atomic E-state index is -3.57. The van der Waals surface area contributed by atoms with Crippen molar-refractivity contribution in [2.45, 2.75) is 5.03 Å². The topological polar surface area (TPSA) is 71.3 Å². The van der Waals surface area contributed by atoms with Crippen LogP contribution < -0.4 is 0 Å². The van der Waals surface area contributed by atoms with E-state index in [1.807, 2.05) is 4.90 Å². The molecule has 1 saturated heterocycles. The first kappa shape index (κ1) is 14.5. The number of hydrogen-bond acceptors (Lipinski definition) is 5. The van der Waals surface area contributed by atoms with E-state index < -0.39 is 10.0 Å². The Balaban J connectivity index is 2.17. The van der Waals surface area contributed by atoms with Crippen molar-refractivity contribution in [2.75, 3.05) is 32.7 Å². The number of aromatic nitrogens is 3. The molecule has 0 radical (unpaired) electrons. The molecule has 2 heterocycles. The monoisotopic (exact) mass is 347 g/mol. The summed E-state index contributed by atoms with van der Waals surface area (Å²) in [6.45, 7) is 2.65. The maximum Gasteiger partial charge on any atom is 0.263 e. The van der Waals surface area contributed by atoms with E-state index in [9.17, 15) is 8.42 Å². The van der Waals surface area contributed by atoms with E-state index in [0.29, 0.717) is 32.7 Å². The van der Waals surface area contributed by atoms with Gasteiger partial charge < -0.3 is 0 Å². The Kier molecular flexibility index (Phi) is 4.25. The van der Waals surface area contributed by atoms with Crippen molar-refractivity contribution in [2.24, 2.45) is 7.05 Å². The fourth-order valence-electron chi connectivity index (χ4n) is 1.98. The summed E-state index contributed by atoms with van der Waals surface area (Å²) in [7, 11) is -2.02. The van der Waals surface area contributed by atoms with Crippen LogP contribution in [0.4, 0.5) is 0 Å².